The first kappa shape index (κ1) is 13.8. The number of hydrogen-bond donors (Lipinski definition) is 0. The summed E-state index contributed by atoms with van der Waals surface area (Å²) in [7, 11) is 1.38. The van der Waals surface area contributed by atoms with E-state index in [-0.39, 0.29) is 23.8 Å². The van der Waals surface area contributed by atoms with Crippen LogP contribution in [0, 0.1) is 5.82 Å². The molecule has 6 heteroatoms. The summed E-state index contributed by atoms with van der Waals surface area (Å²) in [6, 6.07) is 4.27. The van der Waals surface area contributed by atoms with E-state index >= 15 is 0 Å². The Morgan fingerprint density at radius 3 is 2.86 bits per heavy atom. The van der Waals surface area contributed by atoms with E-state index in [9.17, 15) is 14.0 Å². The lowest BCUT2D eigenvalue weighted by molar-refractivity contribution is -0.0126. The van der Waals surface area contributed by atoms with Crippen molar-refractivity contribution in [3.63, 3.8) is 0 Å². The highest BCUT2D eigenvalue weighted by Crippen LogP contribution is 2.37. The van der Waals surface area contributed by atoms with Crippen molar-refractivity contribution in [2.24, 2.45) is 0 Å². The van der Waals surface area contributed by atoms with Crippen LogP contribution in [0.25, 0.3) is 10.9 Å². The maximum Gasteiger partial charge on any atom is 0.345 e. The van der Waals surface area contributed by atoms with Crippen molar-refractivity contribution in [1.82, 2.24) is 4.57 Å². The van der Waals surface area contributed by atoms with Gasteiger partial charge in [0.15, 0.2) is 6.79 Å². The summed E-state index contributed by atoms with van der Waals surface area (Å²) < 4.78 is 24.7. The highest BCUT2D eigenvalue weighted by Gasteiger charge is 2.27. The van der Waals surface area contributed by atoms with E-state index in [0.717, 1.165) is 18.9 Å². The van der Waals surface area contributed by atoms with Crippen LogP contribution in [0.4, 0.5) is 4.39 Å². The van der Waals surface area contributed by atoms with Crippen molar-refractivity contribution in [3.8, 4) is 0 Å². The Morgan fingerprint density at radius 2 is 2.19 bits per heavy atom. The SMILES string of the molecule is COCOC(=O)c1cn(C2CC2)c2ccc(F)cc2c1=O. The molecule has 0 saturated heterocycles. The molecular weight excluding hydrogens is 277 g/mol. The molecule has 1 aromatic heterocycles. The molecule has 0 spiro atoms. The van der Waals surface area contributed by atoms with Gasteiger partial charge in [0.2, 0.25) is 5.43 Å². The van der Waals surface area contributed by atoms with Crippen LogP contribution in [0.5, 0.6) is 0 Å². The second-order valence-corrected chi connectivity index (χ2v) is 5.01. The number of fused-ring (bicyclic) bond motifs is 1. The molecule has 21 heavy (non-hydrogen) atoms. The number of pyridine rings is 1. The third kappa shape index (κ3) is 2.54. The summed E-state index contributed by atoms with van der Waals surface area (Å²) >= 11 is 0. The first-order chi connectivity index (χ1) is 10.1. The Morgan fingerprint density at radius 1 is 1.43 bits per heavy atom. The zero-order valence-electron chi connectivity index (χ0n) is 11.5. The molecule has 1 fully saturated rings. The van der Waals surface area contributed by atoms with Crippen LogP contribution < -0.4 is 5.43 Å². The van der Waals surface area contributed by atoms with Gasteiger partial charge in [0.05, 0.1) is 5.52 Å². The number of ether oxygens (including phenoxy) is 2. The van der Waals surface area contributed by atoms with Gasteiger partial charge in [0.25, 0.3) is 0 Å². The van der Waals surface area contributed by atoms with Crippen LogP contribution in [-0.2, 0) is 9.47 Å². The van der Waals surface area contributed by atoms with Gasteiger partial charge >= 0.3 is 5.97 Å². The zero-order valence-corrected chi connectivity index (χ0v) is 11.5. The highest BCUT2D eigenvalue weighted by molar-refractivity contribution is 5.93. The minimum absolute atomic E-state index is 0.1000. The van der Waals surface area contributed by atoms with Crippen LogP contribution in [0.3, 0.4) is 0 Å². The fourth-order valence-electron chi connectivity index (χ4n) is 2.32. The Bertz CT molecular complexity index is 764. The van der Waals surface area contributed by atoms with E-state index in [2.05, 4.69) is 4.74 Å². The van der Waals surface area contributed by atoms with Crippen LogP contribution >= 0.6 is 0 Å². The summed E-state index contributed by atoms with van der Waals surface area (Å²) in [6.07, 6.45) is 3.45. The van der Waals surface area contributed by atoms with Crippen molar-refractivity contribution >= 4 is 16.9 Å². The molecule has 1 aliphatic carbocycles. The van der Waals surface area contributed by atoms with Gasteiger partial charge in [-0.3, -0.25) is 4.79 Å². The van der Waals surface area contributed by atoms with Crippen LogP contribution in [-0.4, -0.2) is 24.4 Å². The smallest absolute Gasteiger partial charge is 0.345 e. The largest absolute Gasteiger partial charge is 0.435 e. The van der Waals surface area contributed by atoms with Gasteiger partial charge in [-0.15, -0.1) is 0 Å². The van der Waals surface area contributed by atoms with Gasteiger partial charge in [-0.2, -0.15) is 0 Å². The molecule has 3 rings (SSSR count). The summed E-state index contributed by atoms with van der Waals surface area (Å²) in [5, 5.41) is 0.189. The van der Waals surface area contributed by atoms with Gasteiger partial charge < -0.3 is 14.0 Å². The molecule has 5 nitrogen and oxygen atoms in total. The van der Waals surface area contributed by atoms with E-state index in [1.807, 2.05) is 4.57 Å². The number of nitrogens with zero attached hydrogens (tertiary/aromatic N) is 1. The molecule has 0 aliphatic heterocycles. The quantitative estimate of drug-likeness (QED) is 0.640. The fourth-order valence-corrected chi connectivity index (χ4v) is 2.32. The average molecular weight is 291 g/mol. The highest BCUT2D eigenvalue weighted by atomic mass is 19.1. The summed E-state index contributed by atoms with van der Waals surface area (Å²) in [5.41, 5.74) is 0.00624. The van der Waals surface area contributed by atoms with Crippen molar-refractivity contribution < 1.29 is 18.7 Å². The van der Waals surface area contributed by atoms with E-state index in [1.54, 1.807) is 6.07 Å². The normalized spacial score (nSPS) is 14.4. The Kier molecular flexibility index (Phi) is 3.47. The molecule has 1 heterocycles. The minimum Gasteiger partial charge on any atom is -0.435 e. The lowest BCUT2D eigenvalue weighted by atomic mass is 10.1. The third-order valence-electron chi connectivity index (χ3n) is 3.46. The molecule has 0 unspecified atom stereocenters. The van der Waals surface area contributed by atoms with Crippen molar-refractivity contribution in [3.05, 3.63) is 46.0 Å². The number of methoxy groups -OCH3 is 1. The Labute approximate surface area is 119 Å². The predicted octanol–water partition coefficient (Wildman–Crippen LogP) is 2.24. The molecule has 1 aromatic carbocycles. The Hall–Kier alpha value is -2.21. The van der Waals surface area contributed by atoms with E-state index in [1.165, 1.54) is 19.4 Å². The van der Waals surface area contributed by atoms with Gasteiger partial charge in [0.1, 0.15) is 11.4 Å². The van der Waals surface area contributed by atoms with Crippen molar-refractivity contribution in [2.75, 3.05) is 13.9 Å². The zero-order chi connectivity index (χ0) is 15.0. The standard InChI is InChI=1S/C15H14FNO4/c1-20-8-21-15(19)12-7-17(10-3-4-10)13-5-2-9(16)6-11(13)14(12)18/h2,5-7,10H,3-4,8H2,1H3. The van der Waals surface area contributed by atoms with E-state index < -0.39 is 17.2 Å². The topological polar surface area (TPSA) is 57.5 Å². The molecule has 2 aromatic rings. The lowest BCUT2D eigenvalue weighted by Gasteiger charge is -2.12. The number of esters is 1. The lowest BCUT2D eigenvalue weighted by Crippen LogP contribution is -2.21. The van der Waals surface area contributed by atoms with Gasteiger partial charge in [0, 0.05) is 24.7 Å². The summed E-state index contributed by atoms with van der Waals surface area (Å²) in [5.74, 6) is -1.27. The number of carbonyl (C=O) groups is 1. The number of benzene rings is 1. The molecule has 0 atom stereocenters. The first-order valence-corrected chi connectivity index (χ1v) is 6.62. The molecular formula is C15H14FNO4. The van der Waals surface area contributed by atoms with Crippen LogP contribution in [0.15, 0.2) is 29.2 Å². The number of halogens is 1. The van der Waals surface area contributed by atoms with Gasteiger partial charge in [-0.25, -0.2) is 9.18 Å². The molecule has 1 aliphatic rings. The fraction of sp³-hybridized carbons (Fsp3) is 0.333. The number of carbonyl (C=O) groups excluding carboxylic acids is 1. The average Bonchev–Trinajstić information content (AvgIpc) is 3.30. The van der Waals surface area contributed by atoms with Crippen molar-refractivity contribution in [1.29, 1.82) is 0 Å². The second-order valence-electron chi connectivity index (χ2n) is 5.01. The minimum atomic E-state index is -0.762. The summed E-state index contributed by atoms with van der Waals surface area (Å²) in [4.78, 5) is 24.3. The first-order valence-electron chi connectivity index (χ1n) is 6.62. The molecule has 110 valence electrons. The van der Waals surface area contributed by atoms with Crippen molar-refractivity contribution in [2.45, 2.75) is 18.9 Å². The van der Waals surface area contributed by atoms with E-state index in [0.29, 0.717) is 5.52 Å². The molecule has 0 N–H and O–H groups in total. The van der Waals surface area contributed by atoms with Crippen LogP contribution in [0.1, 0.15) is 29.2 Å². The van der Waals surface area contributed by atoms with E-state index in [4.69, 9.17) is 4.74 Å². The Balaban J connectivity index is 2.18. The number of aromatic nitrogens is 1. The monoisotopic (exact) mass is 291 g/mol. The molecule has 0 bridgehead atoms. The molecule has 1 saturated carbocycles. The molecule has 0 amide bonds. The number of hydrogen-bond acceptors (Lipinski definition) is 4. The second kappa shape index (κ2) is 5.29. The van der Waals surface area contributed by atoms with Gasteiger partial charge in [-0.1, -0.05) is 0 Å². The maximum atomic E-state index is 13.4. The number of rotatable bonds is 4. The predicted molar refractivity (Wildman–Crippen MR) is 73.7 cm³/mol. The third-order valence-corrected chi connectivity index (χ3v) is 3.46. The van der Waals surface area contributed by atoms with Gasteiger partial charge in [-0.05, 0) is 31.0 Å². The summed E-state index contributed by atoms with van der Waals surface area (Å²) in [6.45, 7) is -0.233. The maximum absolute atomic E-state index is 13.4. The van der Waals surface area contributed by atoms with Crippen LogP contribution in [0.2, 0.25) is 0 Å². The molecule has 0 radical (unpaired) electrons.